The zero-order chi connectivity index (χ0) is 22.9. The zero-order valence-electron chi connectivity index (χ0n) is 18.5. The van der Waals surface area contributed by atoms with Gasteiger partial charge < -0.3 is 14.6 Å². The second-order valence-corrected chi connectivity index (χ2v) is 9.34. The Morgan fingerprint density at radius 3 is 2.58 bits per heavy atom. The maximum absolute atomic E-state index is 13.4. The number of amides is 1. The summed E-state index contributed by atoms with van der Waals surface area (Å²) in [6.07, 6.45) is 5.98. The van der Waals surface area contributed by atoms with Crippen molar-refractivity contribution in [3.05, 3.63) is 65.2 Å². The molecule has 0 spiro atoms. The standard InChI is InChI=1S/C26H28FN3O3/c27-20-9-5-18(6-10-20)15-30-23-16-29(13-11-21(23)22-2-1-12-28-25(22)30)24(31)14-17-3-7-19(8-4-17)26(32)33/h1-2,5-6,9-10,12,17,19H,3-4,7-8,11,13-16H2,(H,32,33)/t17-,19-. The predicted molar refractivity (Wildman–Crippen MR) is 122 cm³/mol. The first-order valence-electron chi connectivity index (χ1n) is 11.7. The fourth-order valence-corrected chi connectivity index (χ4v) is 5.41. The smallest absolute Gasteiger partial charge is 0.306 e. The van der Waals surface area contributed by atoms with Gasteiger partial charge in [-0.1, -0.05) is 12.1 Å². The number of benzene rings is 1. The lowest BCUT2D eigenvalue weighted by Gasteiger charge is -2.31. The Morgan fingerprint density at radius 2 is 1.85 bits per heavy atom. The van der Waals surface area contributed by atoms with E-state index in [4.69, 9.17) is 0 Å². The Hall–Kier alpha value is -3.22. The lowest BCUT2D eigenvalue weighted by Crippen LogP contribution is -2.38. The van der Waals surface area contributed by atoms with E-state index in [0.29, 0.717) is 38.9 Å². The number of halogens is 1. The molecule has 1 saturated carbocycles. The lowest BCUT2D eigenvalue weighted by atomic mass is 9.80. The van der Waals surface area contributed by atoms with E-state index < -0.39 is 5.97 Å². The summed E-state index contributed by atoms with van der Waals surface area (Å²) < 4.78 is 15.6. The van der Waals surface area contributed by atoms with Crippen LogP contribution in [0, 0.1) is 17.7 Å². The third kappa shape index (κ3) is 4.36. The van der Waals surface area contributed by atoms with E-state index in [0.717, 1.165) is 41.6 Å². The summed E-state index contributed by atoms with van der Waals surface area (Å²) >= 11 is 0. The Morgan fingerprint density at radius 1 is 1.09 bits per heavy atom. The number of aromatic nitrogens is 2. The summed E-state index contributed by atoms with van der Waals surface area (Å²) in [5.41, 5.74) is 4.22. The highest BCUT2D eigenvalue weighted by Crippen LogP contribution is 2.34. The van der Waals surface area contributed by atoms with E-state index in [1.165, 1.54) is 17.7 Å². The zero-order valence-corrected chi connectivity index (χ0v) is 18.5. The Kier molecular flexibility index (Phi) is 5.87. The minimum atomic E-state index is -0.717. The average Bonchev–Trinajstić information content (AvgIpc) is 3.14. The SMILES string of the molecule is O=C(C[C@H]1CC[C@H](C(=O)O)CC1)N1CCc2c(n(Cc3ccc(F)cc3)c3ncccc23)C1. The topological polar surface area (TPSA) is 75.4 Å². The summed E-state index contributed by atoms with van der Waals surface area (Å²) in [5, 5.41) is 10.3. The molecule has 172 valence electrons. The van der Waals surface area contributed by atoms with Crippen molar-refractivity contribution in [2.75, 3.05) is 6.54 Å². The van der Waals surface area contributed by atoms with Crippen LogP contribution in [0.25, 0.3) is 11.0 Å². The summed E-state index contributed by atoms with van der Waals surface area (Å²) in [6, 6.07) is 10.5. The summed E-state index contributed by atoms with van der Waals surface area (Å²) in [5.74, 6) is -0.827. The number of hydrogen-bond acceptors (Lipinski definition) is 3. The van der Waals surface area contributed by atoms with Crippen LogP contribution in [-0.4, -0.2) is 38.0 Å². The van der Waals surface area contributed by atoms with Crippen molar-refractivity contribution < 1.29 is 19.1 Å². The van der Waals surface area contributed by atoms with Crippen molar-refractivity contribution in [3.63, 3.8) is 0 Å². The number of pyridine rings is 1. The number of fused-ring (bicyclic) bond motifs is 3. The Labute approximate surface area is 192 Å². The van der Waals surface area contributed by atoms with Gasteiger partial charge in [0.25, 0.3) is 0 Å². The number of carboxylic acids is 1. The average molecular weight is 450 g/mol. The molecule has 1 fully saturated rings. The molecular weight excluding hydrogens is 421 g/mol. The van der Waals surface area contributed by atoms with Gasteiger partial charge in [0, 0.05) is 36.8 Å². The quantitative estimate of drug-likeness (QED) is 0.627. The number of nitrogens with zero attached hydrogens (tertiary/aromatic N) is 3. The molecule has 2 aliphatic rings. The lowest BCUT2D eigenvalue weighted by molar-refractivity contribution is -0.143. The van der Waals surface area contributed by atoms with E-state index >= 15 is 0 Å². The van der Waals surface area contributed by atoms with Gasteiger partial charge in [0.05, 0.1) is 12.5 Å². The number of hydrogen-bond donors (Lipinski definition) is 1. The molecule has 0 saturated heterocycles. The first kappa shape index (κ1) is 21.6. The van der Waals surface area contributed by atoms with Crippen LogP contribution >= 0.6 is 0 Å². The molecule has 33 heavy (non-hydrogen) atoms. The largest absolute Gasteiger partial charge is 0.481 e. The van der Waals surface area contributed by atoms with Gasteiger partial charge in [0.2, 0.25) is 5.91 Å². The second-order valence-electron chi connectivity index (χ2n) is 9.34. The van der Waals surface area contributed by atoms with Gasteiger partial charge in [-0.3, -0.25) is 9.59 Å². The second kappa shape index (κ2) is 8.96. The molecule has 0 atom stereocenters. The van der Waals surface area contributed by atoms with E-state index in [-0.39, 0.29) is 23.6 Å². The van der Waals surface area contributed by atoms with E-state index in [9.17, 15) is 19.1 Å². The van der Waals surface area contributed by atoms with Crippen molar-refractivity contribution in [2.45, 2.75) is 51.6 Å². The van der Waals surface area contributed by atoms with Crippen LogP contribution in [-0.2, 0) is 29.1 Å². The molecule has 0 radical (unpaired) electrons. The maximum atomic E-state index is 13.4. The highest BCUT2D eigenvalue weighted by atomic mass is 19.1. The number of rotatable bonds is 5. The van der Waals surface area contributed by atoms with Gasteiger partial charge in [0.15, 0.2) is 0 Å². The van der Waals surface area contributed by atoms with Crippen molar-refractivity contribution >= 4 is 22.9 Å². The highest BCUT2D eigenvalue weighted by molar-refractivity contribution is 5.84. The van der Waals surface area contributed by atoms with Crippen molar-refractivity contribution in [3.8, 4) is 0 Å². The molecule has 0 unspecified atom stereocenters. The normalized spacial score (nSPS) is 20.6. The minimum Gasteiger partial charge on any atom is -0.481 e. The van der Waals surface area contributed by atoms with Crippen molar-refractivity contribution in [2.24, 2.45) is 11.8 Å². The summed E-state index contributed by atoms with van der Waals surface area (Å²) in [7, 11) is 0. The number of aliphatic carboxylic acids is 1. The van der Waals surface area contributed by atoms with E-state index in [1.54, 1.807) is 18.3 Å². The molecule has 6 nitrogen and oxygen atoms in total. The van der Waals surface area contributed by atoms with Crippen LogP contribution in [0.4, 0.5) is 4.39 Å². The maximum Gasteiger partial charge on any atom is 0.306 e. The molecule has 2 aromatic heterocycles. The fraction of sp³-hybridized carbons (Fsp3) is 0.423. The van der Waals surface area contributed by atoms with Crippen molar-refractivity contribution in [1.82, 2.24) is 14.5 Å². The first-order valence-corrected chi connectivity index (χ1v) is 11.7. The van der Waals surface area contributed by atoms with Gasteiger partial charge in [-0.15, -0.1) is 0 Å². The van der Waals surface area contributed by atoms with E-state index in [2.05, 4.69) is 15.6 Å². The Balaban J connectivity index is 1.35. The molecule has 1 aromatic carbocycles. The molecule has 1 aliphatic carbocycles. The van der Waals surface area contributed by atoms with Crippen LogP contribution < -0.4 is 0 Å². The summed E-state index contributed by atoms with van der Waals surface area (Å²) in [4.78, 5) is 30.9. The molecule has 0 bridgehead atoms. The van der Waals surface area contributed by atoms with Crippen LogP contribution in [0.15, 0.2) is 42.6 Å². The molecule has 3 aromatic rings. The van der Waals surface area contributed by atoms with Crippen LogP contribution in [0.3, 0.4) is 0 Å². The Bertz CT molecular complexity index is 1180. The third-order valence-electron chi connectivity index (χ3n) is 7.28. The predicted octanol–water partition coefficient (Wildman–Crippen LogP) is 4.39. The van der Waals surface area contributed by atoms with Crippen molar-refractivity contribution in [1.29, 1.82) is 0 Å². The molecule has 1 N–H and O–H groups in total. The van der Waals surface area contributed by atoms with E-state index in [1.807, 2.05) is 11.0 Å². The first-order chi connectivity index (χ1) is 16.0. The minimum absolute atomic E-state index is 0.144. The highest BCUT2D eigenvalue weighted by Gasteiger charge is 2.31. The van der Waals surface area contributed by atoms with Gasteiger partial charge >= 0.3 is 5.97 Å². The monoisotopic (exact) mass is 449 g/mol. The molecule has 5 rings (SSSR count). The van der Waals surface area contributed by atoms with Crippen LogP contribution in [0.5, 0.6) is 0 Å². The fourth-order valence-electron chi connectivity index (χ4n) is 5.41. The van der Waals surface area contributed by atoms with Crippen LogP contribution in [0.2, 0.25) is 0 Å². The van der Waals surface area contributed by atoms with Gasteiger partial charge in [-0.2, -0.15) is 0 Å². The third-order valence-corrected chi connectivity index (χ3v) is 7.28. The van der Waals surface area contributed by atoms with Gasteiger partial charge in [-0.25, -0.2) is 9.37 Å². The number of carbonyl (C=O) groups is 2. The molecule has 3 heterocycles. The molecule has 1 amide bonds. The van der Waals surface area contributed by atoms with Gasteiger partial charge in [0.1, 0.15) is 11.5 Å². The molecular formula is C26H28FN3O3. The number of carbonyl (C=O) groups excluding carboxylic acids is 1. The molecule has 1 aliphatic heterocycles. The number of carboxylic acid groups (broad SMARTS) is 1. The summed E-state index contributed by atoms with van der Waals surface area (Å²) in [6.45, 7) is 1.79. The van der Waals surface area contributed by atoms with Crippen LogP contribution in [0.1, 0.15) is 48.9 Å². The molecule has 7 heteroatoms. The van der Waals surface area contributed by atoms with Gasteiger partial charge in [-0.05, 0) is 73.4 Å².